The zero-order valence-corrected chi connectivity index (χ0v) is 14.7. The van der Waals surface area contributed by atoms with Gasteiger partial charge in [-0.05, 0) is 53.2 Å². The van der Waals surface area contributed by atoms with E-state index in [0.717, 1.165) is 19.0 Å². The minimum Gasteiger partial charge on any atom is -0.365 e. The summed E-state index contributed by atoms with van der Waals surface area (Å²) in [5.74, 6) is 0.744. The Kier molecular flexibility index (Phi) is 5.50. The summed E-state index contributed by atoms with van der Waals surface area (Å²) in [5.41, 5.74) is 2.67. The van der Waals surface area contributed by atoms with Gasteiger partial charge in [0.15, 0.2) is 0 Å². The summed E-state index contributed by atoms with van der Waals surface area (Å²) in [5, 5.41) is 3.73. The molecule has 1 N–H and O–H groups in total. The number of halogens is 1. The number of nitrogens with zero attached hydrogens (tertiary/aromatic N) is 1. The fourth-order valence-electron chi connectivity index (χ4n) is 3.10. The quantitative estimate of drug-likeness (QED) is 0.877. The maximum Gasteiger partial charge on any atom is 0.0516 e. The third-order valence-electron chi connectivity index (χ3n) is 4.21. The Morgan fingerprint density at radius 2 is 2.15 bits per heavy atom. The molecule has 2 nitrogen and oxygen atoms in total. The molecular formula is C17H27BrN2. The summed E-state index contributed by atoms with van der Waals surface area (Å²) in [6.07, 6.45) is 2.43. The monoisotopic (exact) mass is 338 g/mol. The van der Waals surface area contributed by atoms with E-state index < -0.39 is 0 Å². The predicted octanol–water partition coefficient (Wildman–Crippen LogP) is 4.36. The Morgan fingerprint density at radius 1 is 1.40 bits per heavy atom. The summed E-state index contributed by atoms with van der Waals surface area (Å²) in [7, 11) is 0. The highest BCUT2D eigenvalue weighted by molar-refractivity contribution is 9.10. The van der Waals surface area contributed by atoms with Crippen LogP contribution >= 0.6 is 15.9 Å². The van der Waals surface area contributed by atoms with Gasteiger partial charge in [0.05, 0.1) is 5.69 Å². The molecule has 2 rings (SSSR count). The van der Waals surface area contributed by atoms with Crippen LogP contribution in [0.5, 0.6) is 0 Å². The molecule has 112 valence electrons. The summed E-state index contributed by atoms with van der Waals surface area (Å²) in [4.78, 5) is 2.60. The van der Waals surface area contributed by atoms with Crippen molar-refractivity contribution in [3.05, 3.63) is 28.2 Å². The molecule has 2 unspecified atom stereocenters. The van der Waals surface area contributed by atoms with E-state index in [1.54, 1.807) is 0 Å². The summed E-state index contributed by atoms with van der Waals surface area (Å²) >= 11 is 3.78. The second kappa shape index (κ2) is 6.95. The van der Waals surface area contributed by atoms with E-state index >= 15 is 0 Å². The van der Waals surface area contributed by atoms with E-state index in [4.69, 9.17) is 0 Å². The molecule has 2 atom stereocenters. The van der Waals surface area contributed by atoms with Crippen molar-refractivity contribution in [2.24, 2.45) is 5.92 Å². The van der Waals surface area contributed by atoms with Gasteiger partial charge in [-0.25, -0.2) is 0 Å². The Labute approximate surface area is 132 Å². The Bertz CT molecular complexity index is 445. The van der Waals surface area contributed by atoms with E-state index in [2.05, 4.69) is 72.0 Å². The lowest BCUT2D eigenvalue weighted by Crippen LogP contribution is -2.57. The molecule has 0 spiro atoms. The van der Waals surface area contributed by atoms with Gasteiger partial charge >= 0.3 is 0 Å². The van der Waals surface area contributed by atoms with E-state index in [9.17, 15) is 0 Å². The molecule has 0 aromatic heterocycles. The molecule has 0 amide bonds. The van der Waals surface area contributed by atoms with Crippen LogP contribution in [-0.4, -0.2) is 25.2 Å². The molecule has 1 heterocycles. The largest absolute Gasteiger partial charge is 0.365 e. The van der Waals surface area contributed by atoms with Gasteiger partial charge in [0.2, 0.25) is 0 Å². The molecule has 1 aliphatic heterocycles. The molecule has 3 heteroatoms. The van der Waals surface area contributed by atoms with Crippen LogP contribution in [0.2, 0.25) is 0 Å². The van der Waals surface area contributed by atoms with Gasteiger partial charge in [-0.3, -0.25) is 0 Å². The van der Waals surface area contributed by atoms with Gasteiger partial charge in [0.25, 0.3) is 0 Å². The summed E-state index contributed by atoms with van der Waals surface area (Å²) in [6.45, 7) is 11.3. The first kappa shape index (κ1) is 15.8. The number of benzene rings is 1. The minimum absolute atomic E-state index is 0.594. The standard InChI is InChI=1S/C17H27BrN2/c1-5-15-10-19-14(9-12(2)3)11-20(15)16-8-6-7-13(4)17(16)18/h6-8,12,14-15,19H,5,9-11H2,1-4H3. The van der Waals surface area contributed by atoms with Crippen LogP contribution in [0.4, 0.5) is 5.69 Å². The lowest BCUT2D eigenvalue weighted by atomic mass is 9.98. The Hall–Kier alpha value is -0.540. The third-order valence-corrected chi connectivity index (χ3v) is 5.24. The first-order chi connectivity index (χ1) is 9.52. The topological polar surface area (TPSA) is 15.3 Å². The van der Waals surface area contributed by atoms with E-state index in [0.29, 0.717) is 12.1 Å². The lowest BCUT2D eigenvalue weighted by Gasteiger charge is -2.42. The fourth-order valence-corrected chi connectivity index (χ4v) is 3.60. The first-order valence-electron chi connectivity index (χ1n) is 7.78. The van der Waals surface area contributed by atoms with Gasteiger partial charge in [-0.1, -0.05) is 32.9 Å². The van der Waals surface area contributed by atoms with Crippen molar-refractivity contribution >= 4 is 21.6 Å². The number of piperazine rings is 1. The number of anilines is 1. The molecule has 20 heavy (non-hydrogen) atoms. The molecular weight excluding hydrogens is 312 g/mol. The van der Waals surface area contributed by atoms with Crippen molar-refractivity contribution in [1.82, 2.24) is 5.32 Å². The lowest BCUT2D eigenvalue weighted by molar-refractivity contribution is 0.343. The van der Waals surface area contributed by atoms with Gasteiger partial charge in [0.1, 0.15) is 0 Å². The van der Waals surface area contributed by atoms with E-state index in [-0.39, 0.29) is 0 Å². The maximum atomic E-state index is 3.78. The maximum absolute atomic E-state index is 3.78. The van der Waals surface area contributed by atoms with E-state index in [1.807, 2.05) is 0 Å². The van der Waals surface area contributed by atoms with Crippen LogP contribution in [-0.2, 0) is 0 Å². The van der Waals surface area contributed by atoms with Crippen LogP contribution < -0.4 is 10.2 Å². The molecule has 0 aliphatic carbocycles. The number of aryl methyl sites for hydroxylation is 1. The van der Waals surface area contributed by atoms with Gasteiger partial charge in [-0.15, -0.1) is 0 Å². The molecule has 1 saturated heterocycles. The number of hydrogen-bond acceptors (Lipinski definition) is 2. The molecule has 0 radical (unpaired) electrons. The Morgan fingerprint density at radius 3 is 2.80 bits per heavy atom. The fraction of sp³-hybridized carbons (Fsp3) is 0.647. The number of hydrogen-bond donors (Lipinski definition) is 1. The molecule has 0 bridgehead atoms. The van der Waals surface area contributed by atoms with Crippen molar-refractivity contribution in [1.29, 1.82) is 0 Å². The minimum atomic E-state index is 0.594. The highest BCUT2D eigenvalue weighted by Gasteiger charge is 2.28. The normalized spacial score (nSPS) is 23.4. The van der Waals surface area contributed by atoms with Gasteiger partial charge < -0.3 is 10.2 Å². The van der Waals surface area contributed by atoms with Crippen molar-refractivity contribution in [3.8, 4) is 0 Å². The van der Waals surface area contributed by atoms with Crippen molar-refractivity contribution < 1.29 is 0 Å². The highest BCUT2D eigenvalue weighted by Crippen LogP contribution is 2.32. The third kappa shape index (κ3) is 3.56. The van der Waals surface area contributed by atoms with Crippen LogP contribution in [0.15, 0.2) is 22.7 Å². The predicted molar refractivity (Wildman–Crippen MR) is 91.5 cm³/mol. The highest BCUT2D eigenvalue weighted by atomic mass is 79.9. The van der Waals surface area contributed by atoms with Crippen LogP contribution in [0, 0.1) is 12.8 Å². The molecule has 1 aliphatic rings. The number of nitrogens with one attached hydrogen (secondary N) is 1. The average molecular weight is 339 g/mol. The van der Waals surface area contributed by atoms with E-state index in [1.165, 1.54) is 28.6 Å². The second-order valence-corrected chi connectivity index (χ2v) is 7.15. The summed E-state index contributed by atoms with van der Waals surface area (Å²) < 4.78 is 1.25. The SMILES string of the molecule is CCC1CNC(CC(C)C)CN1c1cccc(C)c1Br. The number of rotatable bonds is 4. The molecule has 1 aromatic carbocycles. The molecule has 1 aromatic rings. The summed E-state index contributed by atoms with van der Waals surface area (Å²) in [6, 6.07) is 7.78. The first-order valence-corrected chi connectivity index (χ1v) is 8.57. The van der Waals surface area contributed by atoms with Crippen molar-refractivity contribution in [2.75, 3.05) is 18.0 Å². The van der Waals surface area contributed by atoms with Crippen molar-refractivity contribution in [2.45, 2.75) is 52.6 Å². The molecule has 1 fully saturated rings. The molecule has 0 saturated carbocycles. The van der Waals surface area contributed by atoms with Crippen LogP contribution in [0.3, 0.4) is 0 Å². The van der Waals surface area contributed by atoms with Crippen LogP contribution in [0.1, 0.15) is 39.2 Å². The van der Waals surface area contributed by atoms with Crippen LogP contribution in [0.25, 0.3) is 0 Å². The van der Waals surface area contributed by atoms with Gasteiger partial charge in [0, 0.05) is 29.6 Å². The Balaban J connectivity index is 2.22. The zero-order valence-electron chi connectivity index (χ0n) is 13.1. The zero-order chi connectivity index (χ0) is 14.7. The average Bonchev–Trinajstić information content (AvgIpc) is 2.41. The van der Waals surface area contributed by atoms with Crippen molar-refractivity contribution in [3.63, 3.8) is 0 Å². The van der Waals surface area contributed by atoms with Gasteiger partial charge in [-0.2, -0.15) is 0 Å². The second-order valence-electron chi connectivity index (χ2n) is 6.36. The smallest absolute Gasteiger partial charge is 0.0516 e.